The second-order valence-electron chi connectivity index (χ2n) is 6.58. The number of hydrogen-bond donors (Lipinski definition) is 1. The summed E-state index contributed by atoms with van der Waals surface area (Å²) >= 11 is 1.64. The number of amides is 1. The van der Waals surface area contributed by atoms with E-state index in [1.807, 2.05) is 42.7 Å². The monoisotopic (exact) mass is 419 g/mol. The van der Waals surface area contributed by atoms with Crippen LogP contribution in [-0.4, -0.2) is 39.6 Å². The van der Waals surface area contributed by atoms with Gasteiger partial charge in [0.15, 0.2) is 0 Å². The molecule has 2 rings (SSSR count). The van der Waals surface area contributed by atoms with Crippen LogP contribution in [0.3, 0.4) is 0 Å². The van der Waals surface area contributed by atoms with E-state index in [0.717, 1.165) is 26.6 Å². The average Bonchev–Trinajstić information content (AvgIpc) is 2.66. The van der Waals surface area contributed by atoms with Crippen molar-refractivity contribution in [3.8, 4) is 0 Å². The Labute approximate surface area is 171 Å². The third-order valence-electron chi connectivity index (χ3n) is 4.05. The first-order chi connectivity index (χ1) is 13.2. The van der Waals surface area contributed by atoms with Crippen LogP contribution in [0.25, 0.3) is 0 Å². The van der Waals surface area contributed by atoms with Gasteiger partial charge in [-0.05, 0) is 47.6 Å². The molecular formula is C20H25N3O3S2. The number of nitrogens with zero attached hydrogens (tertiary/aromatic N) is 2. The van der Waals surface area contributed by atoms with Crippen LogP contribution >= 0.6 is 11.8 Å². The van der Waals surface area contributed by atoms with Crippen LogP contribution in [0.2, 0.25) is 0 Å². The third-order valence-corrected chi connectivity index (χ3v) is 5.94. The summed E-state index contributed by atoms with van der Waals surface area (Å²) in [5.41, 5.74) is 4.76. The fraction of sp³-hybridized carbons (Fsp3) is 0.300. The van der Waals surface area contributed by atoms with Gasteiger partial charge >= 0.3 is 0 Å². The van der Waals surface area contributed by atoms with Gasteiger partial charge in [0.05, 0.1) is 18.2 Å². The molecule has 2 aromatic rings. The van der Waals surface area contributed by atoms with E-state index >= 15 is 0 Å². The highest BCUT2D eigenvalue weighted by atomic mass is 32.2. The van der Waals surface area contributed by atoms with Gasteiger partial charge in [0.25, 0.3) is 5.91 Å². The second kappa shape index (κ2) is 9.75. The molecule has 0 saturated carbocycles. The van der Waals surface area contributed by atoms with Gasteiger partial charge in [0, 0.05) is 4.90 Å². The Kier molecular flexibility index (Phi) is 7.65. The normalized spacial score (nSPS) is 11.8. The smallest absolute Gasteiger partial charge is 0.260 e. The molecule has 0 aliphatic heterocycles. The summed E-state index contributed by atoms with van der Waals surface area (Å²) in [4.78, 5) is 13.3. The van der Waals surface area contributed by atoms with E-state index in [2.05, 4.69) is 24.4 Å². The molecule has 0 aliphatic rings. The Balaban J connectivity index is 2.05. The van der Waals surface area contributed by atoms with E-state index in [4.69, 9.17) is 0 Å². The van der Waals surface area contributed by atoms with E-state index in [-0.39, 0.29) is 6.54 Å². The Morgan fingerprint density at radius 3 is 2.25 bits per heavy atom. The highest BCUT2D eigenvalue weighted by molar-refractivity contribution is 7.98. The van der Waals surface area contributed by atoms with Crippen LogP contribution in [0.1, 0.15) is 30.9 Å². The number of carbonyl (C=O) groups is 1. The molecule has 2 aromatic carbocycles. The molecule has 0 bridgehead atoms. The van der Waals surface area contributed by atoms with Gasteiger partial charge < -0.3 is 0 Å². The first-order valence-corrected chi connectivity index (χ1v) is 11.8. The molecule has 0 spiro atoms. The summed E-state index contributed by atoms with van der Waals surface area (Å²) < 4.78 is 25.4. The van der Waals surface area contributed by atoms with Crippen LogP contribution in [0.15, 0.2) is 58.5 Å². The summed E-state index contributed by atoms with van der Waals surface area (Å²) in [6.07, 6.45) is 4.59. The Bertz CT molecular complexity index is 922. The number of hydrazone groups is 1. The van der Waals surface area contributed by atoms with Gasteiger partial charge in [-0.15, -0.1) is 11.8 Å². The maximum absolute atomic E-state index is 12.2. The Hall–Kier alpha value is -2.32. The molecule has 150 valence electrons. The molecule has 1 N–H and O–H groups in total. The summed E-state index contributed by atoms with van der Waals surface area (Å²) in [6, 6.07) is 14.8. The summed E-state index contributed by atoms with van der Waals surface area (Å²) in [6.45, 7) is 3.77. The molecule has 0 unspecified atom stereocenters. The predicted molar refractivity (Wildman–Crippen MR) is 117 cm³/mol. The van der Waals surface area contributed by atoms with Crippen LogP contribution in [-0.2, 0) is 14.8 Å². The summed E-state index contributed by atoms with van der Waals surface area (Å²) in [7, 11) is -3.61. The van der Waals surface area contributed by atoms with Crippen molar-refractivity contribution >= 4 is 39.6 Å². The number of anilines is 1. The molecule has 0 aromatic heterocycles. The van der Waals surface area contributed by atoms with Gasteiger partial charge in [-0.25, -0.2) is 13.8 Å². The quantitative estimate of drug-likeness (QED) is 0.404. The molecule has 0 saturated heterocycles. The fourth-order valence-electron chi connectivity index (χ4n) is 2.46. The van der Waals surface area contributed by atoms with E-state index in [9.17, 15) is 13.2 Å². The number of rotatable bonds is 8. The molecule has 0 aliphatic carbocycles. The van der Waals surface area contributed by atoms with E-state index < -0.39 is 15.9 Å². The van der Waals surface area contributed by atoms with Crippen molar-refractivity contribution < 1.29 is 13.2 Å². The number of benzene rings is 2. The van der Waals surface area contributed by atoms with Crippen molar-refractivity contribution in [1.29, 1.82) is 0 Å². The highest BCUT2D eigenvalue weighted by Gasteiger charge is 2.20. The highest BCUT2D eigenvalue weighted by Crippen LogP contribution is 2.21. The van der Waals surface area contributed by atoms with Gasteiger partial charge in [0.2, 0.25) is 10.0 Å². The van der Waals surface area contributed by atoms with Gasteiger partial charge in [0.1, 0.15) is 6.54 Å². The third kappa shape index (κ3) is 6.38. The lowest BCUT2D eigenvalue weighted by molar-refractivity contribution is -0.119. The molecule has 1 amide bonds. The molecule has 0 atom stereocenters. The molecule has 0 radical (unpaired) electrons. The lowest BCUT2D eigenvalue weighted by Crippen LogP contribution is -2.39. The minimum Gasteiger partial charge on any atom is -0.271 e. The van der Waals surface area contributed by atoms with Crippen molar-refractivity contribution in [3.05, 3.63) is 59.7 Å². The number of nitrogens with one attached hydrogen (secondary N) is 1. The van der Waals surface area contributed by atoms with Crippen molar-refractivity contribution in [1.82, 2.24) is 5.43 Å². The zero-order valence-electron chi connectivity index (χ0n) is 16.4. The summed E-state index contributed by atoms with van der Waals surface area (Å²) in [5, 5.41) is 3.91. The number of carbonyl (C=O) groups excluding carboxylic acids is 1. The molecule has 28 heavy (non-hydrogen) atoms. The average molecular weight is 420 g/mol. The minimum atomic E-state index is -3.61. The Morgan fingerprint density at radius 2 is 1.75 bits per heavy atom. The second-order valence-corrected chi connectivity index (χ2v) is 9.37. The molecule has 6 nitrogen and oxygen atoms in total. The number of sulfonamides is 1. The van der Waals surface area contributed by atoms with Crippen molar-refractivity contribution in [2.24, 2.45) is 5.10 Å². The predicted octanol–water partition coefficient (Wildman–Crippen LogP) is 3.45. The maximum atomic E-state index is 12.2. The van der Waals surface area contributed by atoms with Crippen LogP contribution in [0, 0.1) is 0 Å². The number of thioether (sulfide) groups is 1. The van der Waals surface area contributed by atoms with E-state index in [1.165, 1.54) is 6.21 Å². The summed E-state index contributed by atoms with van der Waals surface area (Å²) in [5.74, 6) is -0.182. The van der Waals surface area contributed by atoms with Crippen LogP contribution in [0.4, 0.5) is 5.69 Å². The lowest BCUT2D eigenvalue weighted by Gasteiger charge is -2.21. The Morgan fingerprint density at radius 1 is 1.14 bits per heavy atom. The van der Waals surface area contributed by atoms with E-state index in [0.29, 0.717) is 11.6 Å². The van der Waals surface area contributed by atoms with Crippen LogP contribution < -0.4 is 9.73 Å². The standard InChI is InChI=1S/C20H25N3O3S2/c1-15(2)17-7-9-18(10-8-17)23(28(4,25)26)14-20(24)22-21-13-16-5-11-19(27-3)12-6-16/h5-13,15H,14H2,1-4H3,(H,22,24)/b21-13-. The van der Waals surface area contributed by atoms with Gasteiger partial charge in [-0.3, -0.25) is 9.10 Å². The van der Waals surface area contributed by atoms with Crippen molar-refractivity contribution in [3.63, 3.8) is 0 Å². The zero-order chi connectivity index (χ0) is 20.7. The maximum Gasteiger partial charge on any atom is 0.260 e. The molecule has 8 heteroatoms. The largest absolute Gasteiger partial charge is 0.271 e. The van der Waals surface area contributed by atoms with E-state index in [1.54, 1.807) is 23.9 Å². The molecule has 0 heterocycles. The number of hydrogen-bond acceptors (Lipinski definition) is 5. The molecular weight excluding hydrogens is 394 g/mol. The first-order valence-electron chi connectivity index (χ1n) is 8.74. The fourth-order valence-corrected chi connectivity index (χ4v) is 3.72. The van der Waals surface area contributed by atoms with Gasteiger partial charge in [-0.1, -0.05) is 38.1 Å². The topological polar surface area (TPSA) is 78.8 Å². The minimum absolute atomic E-state index is 0.336. The van der Waals surface area contributed by atoms with Crippen molar-refractivity contribution in [2.75, 3.05) is 23.4 Å². The van der Waals surface area contributed by atoms with Gasteiger partial charge in [-0.2, -0.15) is 5.10 Å². The lowest BCUT2D eigenvalue weighted by atomic mass is 10.0. The van der Waals surface area contributed by atoms with Crippen LogP contribution in [0.5, 0.6) is 0 Å². The zero-order valence-corrected chi connectivity index (χ0v) is 18.0. The molecule has 0 fully saturated rings. The van der Waals surface area contributed by atoms with Crippen molar-refractivity contribution in [2.45, 2.75) is 24.7 Å². The SMILES string of the molecule is CSc1ccc(/C=N\NC(=O)CN(c2ccc(C(C)C)cc2)S(C)(=O)=O)cc1. The first kappa shape index (κ1) is 22.0.